The second-order valence-electron chi connectivity index (χ2n) is 8.49. The molecule has 1 aromatic heterocycles. The van der Waals surface area contributed by atoms with Crippen molar-refractivity contribution < 1.29 is 17.7 Å². The number of nitrogens with one attached hydrogen (secondary N) is 1. The molecule has 0 spiro atoms. The molecule has 1 unspecified atom stereocenters. The number of amides is 1. The molecule has 11 heteroatoms. The smallest absolute Gasteiger partial charge is 0.365 e. The third kappa shape index (κ3) is 4.70. The summed E-state index contributed by atoms with van der Waals surface area (Å²) in [6, 6.07) is 18.1. The number of carbonyl (C=O) groups excluding carboxylic acids is 1. The Kier molecular flexibility index (Phi) is 6.85. The lowest BCUT2D eigenvalue weighted by Gasteiger charge is -2.36. The second-order valence-corrected chi connectivity index (χ2v) is 11.0. The highest BCUT2D eigenvalue weighted by Crippen LogP contribution is 2.39. The highest BCUT2D eigenvalue weighted by molar-refractivity contribution is 7.91. The first-order chi connectivity index (χ1) is 17.0. The zero-order chi connectivity index (χ0) is 26.1. The van der Waals surface area contributed by atoms with Crippen molar-refractivity contribution in [1.82, 2.24) is 14.0 Å². The van der Waals surface area contributed by atoms with Crippen molar-refractivity contribution in [3.8, 4) is 11.4 Å². The van der Waals surface area contributed by atoms with Crippen LogP contribution in [0.1, 0.15) is 16.7 Å². The Morgan fingerprint density at radius 2 is 1.78 bits per heavy atom. The van der Waals surface area contributed by atoms with Crippen molar-refractivity contribution >= 4 is 33.2 Å². The van der Waals surface area contributed by atoms with Crippen LogP contribution in [0.25, 0.3) is 11.4 Å². The van der Waals surface area contributed by atoms with Crippen molar-refractivity contribution in [3.63, 3.8) is 0 Å². The van der Waals surface area contributed by atoms with Crippen LogP contribution < -0.4 is 15.4 Å². The van der Waals surface area contributed by atoms with Crippen LogP contribution in [0.5, 0.6) is 0 Å². The highest BCUT2D eigenvalue weighted by atomic mass is 35.5. The van der Waals surface area contributed by atoms with Crippen LogP contribution in [0.3, 0.4) is 0 Å². The maximum atomic E-state index is 14.4. The molecular formula is C25H24ClN4O5S+. The fourth-order valence-corrected chi connectivity index (χ4v) is 6.32. The normalized spacial score (nSPS) is 13.3. The number of benzene rings is 3. The molecule has 9 nitrogen and oxygen atoms in total. The number of aromatic amines is 1. The molecule has 4 aromatic rings. The van der Waals surface area contributed by atoms with E-state index in [1.165, 1.54) is 12.1 Å². The number of nitrogens with two attached hydrogens (primary N) is 1. The Bertz CT molecular complexity index is 1600. The van der Waals surface area contributed by atoms with Crippen LogP contribution in [-0.2, 0) is 21.4 Å². The molecule has 0 aliphatic carbocycles. The Labute approximate surface area is 212 Å². The third-order valence-corrected chi connectivity index (χ3v) is 8.60. The monoisotopic (exact) mass is 527 g/mol. The van der Waals surface area contributed by atoms with E-state index in [1.54, 1.807) is 61.5 Å². The first kappa shape index (κ1) is 25.4. The first-order valence-corrected chi connectivity index (χ1v) is 12.7. The van der Waals surface area contributed by atoms with Gasteiger partial charge in [0.1, 0.15) is 11.4 Å². The molecule has 3 N–H and O–H groups in total. The van der Waals surface area contributed by atoms with Gasteiger partial charge < -0.3 is 5.73 Å². The molecule has 0 saturated heterocycles. The summed E-state index contributed by atoms with van der Waals surface area (Å²) in [7, 11) is -4.25. The van der Waals surface area contributed by atoms with Crippen LogP contribution >= 0.6 is 11.6 Å². The minimum atomic E-state index is -4.25. The van der Waals surface area contributed by atoms with Gasteiger partial charge in [-0.15, -0.1) is 0 Å². The number of nitrogens with zero attached hydrogens (tertiary/aromatic N) is 2. The van der Waals surface area contributed by atoms with Gasteiger partial charge >= 0.3 is 15.8 Å². The summed E-state index contributed by atoms with van der Waals surface area (Å²) in [5, 5.41) is 4.06. The number of carbonyl (C=O) groups is 1. The minimum Gasteiger partial charge on any atom is -0.365 e. The number of aromatic nitrogens is 2. The summed E-state index contributed by atoms with van der Waals surface area (Å²) in [6.07, 6.45) is 0. The van der Waals surface area contributed by atoms with E-state index in [-0.39, 0.29) is 17.3 Å². The lowest BCUT2D eigenvalue weighted by molar-refractivity contribution is -0.118. The Morgan fingerprint density at radius 1 is 1.08 bits per heavy atom. The van der Waals surface area contributed by atoms with Crippen molar-refractivity contribution in [2.45, 2.75) is 25.3 Å². The Hall–Kier alpha value is -3.73. The molecule has 4 rings (SSSR count). The highest BCUT2D eigenvalue weighted by Gasteiger charge is 2.48. The van der Waals surface area contributed by atoms with E-state index in [9.17, 15) is 18.0 Å². The largest absolute Gasteiger partial charge is 0.439 e. The van der Waals surface area contributed by atoms with E-state index in [4.69, 9.17) is 17.3 Å². The maximum Gasteiger partial charge on any atom is 0.439 e. The van der Waals surface area contributed by atoms with Crippen molar-refractivity contribution in [1.29, 1.82) is 0 Å². The molecular weight excluding hydrogens is 504 g/mol. The van der Waals surface area contributed by atoms with Crippen molar-refractivity contribution in [2.24, 2.45) is 5.73 Å². The number of H-pyrrole nitrogens is 1. The summed E-state index contributed by atoms with van der Waals surface area (Å²) in [5.74, 6) is -1.33. The number of rotatable bonds is 8. The molecule has 0 fully saturated rings. The number of halogens is 1. The summed E-state index contributed by atoms with van der Waals surface area (Å²) in [6.45, 7) is 2.86. The van der Waals surface area contributed by atoms with E-state index < -0.39 is 32.1 Å². The standard InChI is InChI=1S/C25H23ClN4O5S/c1-16-9-11-20(12-10-16)36(33,34)30(15-23(27)31,22-8-4-7-21(26)17(22)2)14-18-5-3-6-19(13-18)24-28-25(32)35-29-24/h3-13H,14-15H2,1-2H3,(H2-,27,28,29,31,32)/p+1. The van der Waals surface area contributed by atoms with Gasteiger partial charge in [-0.05, 0) is 38.1 Å². The topological polar surface area (TPSA) is 136 Å². The molecule has 0 aliphatic heterocycles. The molecule has 0 saturated carbocycles. The number of aryl methyl sites for hydroxylation is 1. The molecule has 186 valence electrons. The zero-order valence-electron chi connectivity index (χ0n) is 19.6. The molecule has 0 bridgehead atoms. The maximum absolute atomic E-state index is 14.4. The average Bonchev–Trinajstić information content (AvgIpc) is 3.27. The molecule has 0 radical (unpaired) electrons. The zero-order valence-corrected chi connectivity index (χ0v) is 21.1. The van der Waals surface area contributed by atoms with Crippen LogP contribution in [-0.4, -0.2) is 31.0 Å². The lowest BCUT2D eigenvalue weighted by Crippen LogP contribution is -2.57. The van der Waals surface area contributed by atoms with Gasteiger partial charge in [0.05, 0.1) is 0 Å². The predicted octanol–water partition coefficient (Wildman–Crippen LogP) is 3.68. The van der Waals surface area contributed by atoms with Gasteiger partial charge in [-0.2, -0.15) is 12.3 Å². The number of sulfonamides is 1. The summed E-state index contributed by atoms with van der Waals surface area (Å²) in [5.41, 5.74) is 8.43. The van der Waals surface area contributed by atoms with E-state index in [1.807, 2.05) is 6.92 Å². The van der Waals surface area contributed by atoms with Gasteiger partial charge in [0, 0.05) is 27.8 Å². The van der Waals surface area contributed by atoms with Gasteiger partial charge in [0.25, 0.3) is 5.91 Å². The summed E-state index contributed by atoms with van der Waals surface area (Å²) < 4.78 is 32.5. The second kappa shape index (κ2) is 9.73. The van der Waals surface area contributed by atoms with E-state index in [2.05, 4.69) is 14.7 Å². The van der Waals surface area contributed by atoms with Crippen molar-refractivity contribution in [2.75, 3.05) is 6.54 Å². The fraction of sp³-hybridized carbons (Fsp3) is 0.160. The third-order valence-electron chi connectivity index (χ3n) is 5.95. The Morgan fingerprint density at radius 3 is 2.42 bits per heavy atom. The van der Waals surface area contributed by atoms with E-state index >= 15 is 0 Å². The summed E-state index contributed by atoms with van der Waals surface area (Å²) >= 11 is 6.41. The molecule has 1 heterocycles. The molecule has 0 aliphatic rings. The fourth-order valence-electron chi connectivity index (χ4n) is 4.19. The lowest BCUT2D eigenvalue weighted by atomic mass is 10.1. The predicted molar refractivity (Wildman–Crippen MR) is 137 cm³/mol. The van der Waals surface area contributed by atoms with Gasteiger partial charge in [0.2, 0.25) is 0 Å². The van der Waals surface area contributed by atoms with Gasteiger partial charge in [-0.1, -0.05) is 58.7 Å². The SMILES string of the molecule is Cc1ccc(S(=O)(=O)[N+](CC(N)=O)(Cc2cccc(-c3noc(=O)[nH]3)c2)c2cccc(Cl)c2C)cc1. The van der Waals surface area contributed by atoms with E-state index in [0.29, 0.717) is 27.4 Å². The van der Waals surface area contributed by atoms with E-state index in [0.717, 1.165) is 5.56 Å². The number of primary amides is 1. The number of hydrogen-bond acceptors (Lipinski definition) is 6. The van der Waals surface area contributed by atoms with Gasteiger partial charge in [-0.25, -0.2) is 4.79 Å². The number of hydrogen-bond donors (Lipinski definition) is 2. The molecule has 3 aromatic carbocycles. The average molecular weight is 528 g/mol. The molecule has 1 atom stereocenters. The van der Waals surface area contributed by atoms with Crippen LogP contribution in [0.2, 0.25) is 5.02 Å². The van der Waals surface area contributed by atoms with Gasteiger partial charge in [-0.3, -0.25) is 14.3 Å². The Balaban J connectivity index is 1.98. The van der Waals surface area contributed by atoms with Crippen molar-refractivity contribution in [3.05, 3.63) is 99.0 Å². The molecule has 36 heavy (non-hydrogen) atoms. The summed E-state index contributed by atoms with van der Waals surface area (Å²) in [4.78, 5) is 26.4. The van der Waals surface area contributed by atoms with Crippen LogP contribution in [0, 0.1) is 13.8 Å². The molecule has 1 amide bonds. The van der Waals surface area contributed by atoms with Gasteiger partial charge in [0.15, 0.2) is 18.1 Å². The first-order valence-electron chi connectivity index (χ1n) is 10.9. The number of quaternary nitrogens is 1. The quantitative estimate of drug-likeness (QED) is 0.335. The minimum absolute atomic E-state index is 0.0331. The van der Waals surface area contributed by atoms with Crippen LogP contribution in [0.4, 0.5) is 5.69 Å². The van der Waals surface area contributed by atoms with Crippen LogP contribution in [0.15, 0.2) is 80.9 Å².